The van der Waals surface area contributed by atoms with E-state index in [0.29, 0.717) is 15.7 Å². The number of hydrogen-bond acceptors (Lipinski definition) is 2. The van der Waals surface area contributed by atoms with E-state index < -0.39 is 11.7 Å². The van der Waals surface area contributed by atoms with Crippen LogP contribution in [-0.2, 0) is 4.74 Å². The number of benzene rings is 1. The molecular formula is C11H13Cl2NO2. The number of rotatable bonds is 1. The van der Waals surface area contributed by atoms with Crippen LogP contribution in [0.15, 0.2) is 18.2 Å². The Hall–Kier alpha value is -0.930. The second-order valence-corrected chi connectivity index (χ2v) is 5.01. The summed E-state index contributed by atoms with van der Waals surface area (Å²) in [6.45, 7) is 5.35. The van der Waals surface area contributed by atoms with Crippen molar-refractivity contribution in [3.8, 4) is 0 Å². The van der Waals surface area contributed by atoms with Gasteiger partial charge in [0.25, 0.3) is 0 Å². The van der Waals surface area contributed by atoms with Gasteiger partial charge >= 0.3 is 6.09 Å². The zero-order chi connectivity index (χ0) is 12.3. The Labute approximate surface area is 105 Å². The molecule has 0 fully saturated rings. The summed E-state index contributed by atoms with van der Waals surface area (Å²) in [5.41, 5.74) is -0.113. The Balaban J connectivity index is 2.74. The van der Waals surface area contributed by atoms with Gasteiger partial charge in [-0.3, -0.25) is 5.32 Å². The maximum atomic E-state index is 11.5. The predicted octanol–water partition coefficient (Wildman–Crippen LogP) is 4.34. The average molecular weight is 262 g/mol. The highest BCUT2D eigenvalue weighted by Gasteiger charge is 2.17. The molecule has 0 aliphatic heterocycles. The van der Waals surface area contributed by atoms with Gasteiger partial charge in [-0.15, -0.1) is 0 Å². The first-order chi connectivity index (χ1) is 7.29. The first-order valence-electron chi connectivity index (χ1n) is 4.73. The molecule has 0 heterocycles. The Morgan fingerprint density at radius 1 is 1.31 bits per heavy atom. The van der Waals surface area contributed by atoms with Gasteiger partial charge in [0.15, 0.2) is 0 Å². The third-order valence-corrected chi connectivity index (χ3v) is 2.41. The lowest BCUT2D eigenvalue weighted by Crippen LogP contribution is -2.27. The van der Waals surface area contributed by atoms with Gasteiger partial charge in [0, 0.05) is 0 Å². The molecule has 1 amide bonds. The minimum atomic E-state index is -0.559. The lowest BCUT2D eigenvalue weighted by Gasteiger charge is -2.20. The van der Waals surface area contributed by atoms with Crippen molar-refractivity contribution in [3.05, 3.63) is 28.2 Å². The molecular weight excluding hydrogens is 249 g/mol. The molecule has 0 spiro atoms. The van der Waals surface area contributed by atoms with Crippen LogP contribution in [0.1, 0.15) is 20.8 Å². The van der Waals surface area contributed by atoms with Crippen LogP contribution in [0.5, 0.6) is 0 Å². The molecule has 0 saturated heterocycles. The fraction of sp³-hybridized carbons (Fsp3) is 0.364. The molecule has 0 aliphatic carbocycles. The molecule has 0 atom stereocenters. The van der Waals surface area contributed by atoms with Gasteiger partial charge in [-0.25, -0.2) is 4.79 Å². The summed E-state index contributed by atoms with van der Waals surface area (Å²) in [5, 5.41) is 3.22. The number of anilines is 1. The van der Waals surface area contributed by atoms with Crippen molar-refractivity contribution in [1.29, 1.82) is 0 Å². The van der Waals surface area contributed by atoms with E-state index in [-0.39, 0.29) is 0 Å². The van der Waals surface area contributed by atoms with E-state index in [1.54, 1.807) is 39.0 Å². The van der Waals surface area contributed by atoms with Crippen LogP contribution in [0.3, 0.4) is 0 Å². The number of amides is 1. The van der Waals surface area contributed by atoms with Crippen molar-refractivity contribution in [2.45, 2.75) is 26.4 Å². The predicted molar refractivity (Wildman–Crippen MR) is 66.3 cm³/mol. The Kier molecular flexibility index (Phi) is 4.05. The van der Waals surface area contributed by atoms with Crippen LogP contribution in [0.25, 0.3) is 0 Å². The summed E-state index contributed by atoms with van der Waals surface area (Å²) in [6, 6.07) is 4.99. The number of carbonyl (C=O) groups excluding carboxylic acids is 1. The van der Waals surface area contributed by atoms with E-state index in [4.69, 9.17) is 27.9 Å². The Morgan fingerprint density at radius 3 is 2.50 bits per heavy atom. The third kappa shape index (κ3) is 3.91. The second kappa shape index (κ2) is 4.93. The lowest BCUT2D eigenvalue weighted by atomic mass is 10.2. The van der Waals surface area contributed by atoms with Crippen molar-refractivity contribution in [2.75, 3.05) is 5.32 Å². The van der Waals surface area contributed by atoms with Gasteiger partial charge in [0.05, 0.1) is 15.7 Å². The van der Waals surface area contributed by atoms with E-state index in [9.17, 15) is 4.79 Å². The summed E-state index contributed by atoms with van der Waals surface area (Å²) in [7, 11) is 0. The van der Waals surface area contributed by atoms with Gasteiger partial charge in [-0.1, -0.05) is 29.3 Å². The first kappa shape index (κ1) is 13.1. The van der Waals surface area contributed by atoms with Crippen molar-refractivity contribution in [2.24, 2.45) is 0 Å². The molecule has 1 aromatic rings. The second-order valence-electron chi connectivity index (χ2n) is 4.23. The summed E-state index contributed by atoms with van der Waals surface area (Å²) < 4.78 is 5.08. The zero-order valence-electron chi connectivity index (χ0n) is 9.30. The molecule has 88 valence electrons. The highest BCUT2D eigenvalue weighted by atomic mass is 35.5. The number of halogens is 2. The van der Waals surface area contributed by atoms with Gasteiger partial charge in [-0.05, 0) is 32.9 Å². The van der Waals surface area contributed by atoms with Crippen LogP contribution in [0, 0.1) is 0 Å². The van der Waals surface area contributed by atoms with Crippen LogP contribution < -0.4 is 5.32 Å². The summed E-state index contributed by atoms with van der Waals surface area (Å²) >= 11 is 11.7. The number of carbonyl (C=O) groups is 1. The van der Waals surface area contributed by atoms with E-state index >= 15 is 0 Å². The highest BCUT2D eigenvalue weighted by molar-refractivity contribution is 6.43. The number of nitrogens with one attached hydrogen (secondary N) is 1. The van der Waals surface area contributed by atoms with Crippen molar-refractivity contribution < 1.29 is 9.53 Å². The van der Waals surface area contributed by atoms with Crippen LogP contribution in [0.4, 0.5) is 10.5 Å². The molecule has 0 aromatic heterocycles. The third-order valence-electron chi connectivity index (χ3n) is 1.59. The normalized spacial score (nSPS) is 11.1. The summed E-state index contributed by atoms with van der Waals surface area (Å²) in [5.74, 6) is 0. The lowest BCUT2D eigenvalue weighted by molar-refractivity contribution is 0.0636. The quantitative estimate of drug-likeness (QED) is 0.817. The Bertz CT molecular complexity index is 399. The van der Waals surface area contributed by atoms with Crippen LogP contribution >= 0.6 is 23.2 Å². The molecule has 0 bridgehead atoms. The smallest absolute Gasteiger partial charge is 0.412 e. The van der Waals surface area contributed by atoms with Crippen molar-refractivity contribution in [3.63, 3.8) is 0 Å². The van der Waals surface area contributed by atoms with E-state index in [0.717, 1.165) is 0 Å². The molecule has 16 heavy (non-hydrogen) atoms. The standard InChI is InChI=1S/C11H13Cl2NO2/c1-11(2,3)16-10(15)14-8-6-4-5-7(12)9(8)13/h4-6H,1-3H3,(H,14,15). The molecule has 0 saturated carbocycles. The molecule has 1 aromatic carbocycles. The minimum Gasteiger partial charge on any atom is -0.444 e. The van der Waals surface area contributed by atoms with Gasteiger partial charge in [-0.2, -0.15) is 0 Å². The van der Waals surface area contributed by atoms with Crippen LogP contribution in [-0.4, -0.2) is 11.7 Å². The van der Waals surface area contributed by atoms with Crippen LogP contribution in [0.2, 0.25) is 10.0 Å². The molecule has 0 aliphatic rings. The van der Waals surface area contributed by atoms with E-state index in [1.807, 2.05) is 0 Å². The molecule has 1 N–H and O–H groups in total. The maximum absolute atomic E-state index is 11.5. The van der Waals surface area contributed by atoms with E-state index in [2.05, 4.69) is 5.32 Å². The highest BCUT2D eigenvalue weighted by Crippen LogP contribution is 2.29. The largest absolute Gasteiger partial charge is 0.444 e. The molecule has 1 rings (SSSR count). The van der Waals surface area contributed by atoms with Gasteiger partial charge in [0.1, 0.15) is 5.60 Å². The fourth-order valence-electron chi connectivity index (χ4n) is 1.01. The SMILES string of the molecule is CC(C)(C)OC(=O)Nc1cccc(Cl)c1Cl. The van der Waals surface area contributed by atoms with E-state index in [1.165, 1.54) is 0 Å². The van der Waals surface area contributed by atoms with Crippen molar-refractivity contribution in [1.82, 2.24) is 0 Å². The monoisotopic (exact) mass is 261 g/mol. The molecule has 3 nitrogen and oxygen atoms in total. The van der Waals surface area contributed by atoms with Gasteiger partial charge in [0.2, 0.25) is 0 Å². The first-order valence-corrected chi connectivity index (χ1v) is 5.49. The number of ether oxygens (including phenoxy) is 1. The molecule has 5 heteroatoms. The molecule has 0 radical (unpaired) electrons. The average Bonchev–Trinajstić information content (AvgIpc) is 2.09. The maximum Gasteiger partial charge on any atom is 0.412 e. The number of hydrogen-bond donors (Lipinski definition) is 1. The molecule has 0 unspecified atom stereocenters. The summed E-state index contributed by atoms with van der Waals surface area (Å²) in [4.78, 5) is 11.5. The van der Waals surface area contributed by atoms with Crippen molar-refractivity contribution >= 4 is 35.0 Å². The fourth-order valence-corrected chi connectivity index (χ4v) is 1.36. The minimum absolute atomic E-state index is 0.301. The Morgan fingerprint density at radius 2 is 1.94 bits per heavy atom. The topological polar surface area (TPSA) is 38.3 Å². The summed E-state index contributed by atoms with van der Waals surface area (Å²) in [6.07, 6.45) is -0.559. The zero-order valence-corrected chi connectivity index (χ0v) is 10.8. The van der Waals surface area contributed by atoms with Gasteiger partial charge < -0.3 is 4.74 Å².